The lowest BCUT2D eigenvalue weighted by molar-refractivity contribution is -0.274. The van der Waals surface area contributed by atoms with Crippen LogP contribution in [0.1, 0.15) is 18.9 Å². The topological polar surface area (TPSA) is 48.0 Å². The van der Waals surface area contributed by atoms with E-state index in [2.05, 4.69) is 46.0 Å². The van der Waals surface area contributed by atoms with Gasteiger partial charge in [0.15, 0.2) is 0 Å². The molecule has 0 unspecified atom stereocenters. The smallest absolute Gasteiger partial charge is 0.339 e. The molecule has 0 aliphatic rings. The van der Waals surface area contributed by atoms with Crippen molar-refractivity contribution < 1.29 is 19.3 Å². The molecule has 0 saturated heterocycles. The monoisotopic (exact) mass is 281 g/mol. The molecule has 0 saturated carbocycles. The second kappa shape index (κ2) is 10.4. The number of nitrogens with zero attached hydrogens (tertiary/aromatic N) is 1. The number of benzene rings is 1. The first kappa shape index (κ1) is 16.6. The zero-order valence-corrected chi connectivity index (χ0v) is 12.2. The van der Waals surface area contributed by atoms with Gasteiger partial charge in [0.25, 0.3) is 0 Å². The van der Waals surface area contributed by atoms with Crippen molar-refractivity contribution in [3.63, 3.8) is 0 Å². The summed E-state index contributed by atoms with van der Waals surface area (Å²) < 4.78 is 5.37. The molecule has 5 nitrogen and oxygen atoms in total. The number of rotatable bonds is 10. The van der Waals surface area contributed by atoms with Crippen molar-refractivity contribution in [2.24, 2.45) is 0 Å². The van der Waals surface area contributed by atoms with Crippen LogP contribution in [0.2, 0.25) is 0 Å². The van der Waals surface area contributed by atoms with E-state index in [9.17, 15) is 4.79 Å². The standard InChI is InChI=1S/C15H23NO4/c1-14(17)20-19-12-11-18-10-6-9-16(2)13-15-7-4-3-5-8-15/h3-5,7-8H,6,9-13H2,1-2H3. The number of hydrogen-bond acceptors (Lipinski definition) is 5. The van der Waals surface area contributed by atoms with Crippen molar-refractivity contribution in [1.82, 2.24) is 4.90 Å². The maximum absolute atomic E-state index is 10.4. The zero-order valence-electron chi connectivity index (χ0n) is 12.2. The number of hydrogen-bond donors (Lipinski definition) is 0. The van der Waals surface area contributed by atoms with Crippen LogP contribution in [0.3, 0.4) is 0 Å². The van der Waals surface area contributed by atoms with E-state index in [1.54, 1.807) is 0 Å². The van der Waals surface area contributed by atoms with E-state index in [1.165, 1.54) is 12.5 Å². The van der Waals surface area contributed by atoms with Crippen molar-refractivity contribution >= 4 is 5.97 Å². The molecule has 0 bridgehead atoms. The lowest BCUT2D eigenvalue weighted by atomic mass is 10.2. The molecule has 1 aromatic rings. The van der Waals surface area contributed by atoms with Crippen molar-refractivity contribution in [3.05, 3.63) is 35.9 Å². The van der Waals surface area contributed by atoms with Gasteiger partial charge in [0.05, 0.1) is 6.61 Å². The minimum atomic E-state index is -0.451. The van der Waals surface area contributed by atoms with Gasteiger partial charge in [-0.25, -0.2) is 4.79 Å². The average Bonchev–Trinajstić information content (AvgIpc) is 2.42. The molecule has 0 N–H and O–H groups in total. The van der Waals surface area contributed by atoms with Crippen LogP contribution in [-0.4, -0.2) is 44.3 Å². The Morgan fingerprint density at radius 3 is 2.60 bits per heavy atom. The molecule has 0 atom stereocenters. The lowest BCUT2D eigenvalue weighted by Crippen LogP contribution is -2.20. The van der Waals surface area contributed by atoms with E-state index in [1.807, 2.05) is 6.07 Å². The summed E-state index contributed by atoms with van der Waals surface area (Å²) in [5.41, 5.74) is 1.31. The van der Waals surface area contributed by atoms with E-state index in [4.69, 9.17) is 4.74 Å². The first-order chi connectivity index (χ1) is 9.68. The molecule has 5 heteroatoms. The molecular formula is C15H23NO4. The van der Waals surface area contributed by atoms with Crippen molar-refractivity contribution in [2.75, 3.05) is 33.4 Å². The highest BCUT2D eigenvalue weighted by atomic mass is 17.2. The van der Waals surface area contributed by atoms with Gasteiger partial charge in [0.2, 0.25) is 0 Å². The highest BCUT2D eigenvalue weighted by Gasteiger charge is 2.00. The maximum Gasteiger partial charge on any atom is 0.339 e. The van der Waals surface area contributed by atoms with Crippen LogP contribution in [-0.2, 0) is 25.9 Å². The number of ether oxygens (including phenoxy) is 1. The Hall–Kier alpha value is -1.43. The van der Waals surface area contributed by atoms with Crippen LogP contribution < -0.4 is 0 Å². The molecule has 1 aromatic carbocycles. The molecule has 0 amide bonds. The van der Waals surface area contributed by atoms with E-state index in [-0.39, 0.29) is 6.61 Å². The molecule has 0 fully saturated rings. The van der Waals surface area contributed by atoms with Crippen LogP contribution in [0.4, 0.5) is 0 Å². The van der Waals surface area contributed by atoms with Gasteiger partial charge in [-0.05, 0) is 19.0 Å². The molecular weight excluding hydrogens is 258 g/mol. The highest BCUT2D eigenvalue weighted by Crippen LogP contribution is 2.02. The second-order valence-corrected chi connectivity index (χ2v) is 4.59. The Bertz CT molecular complexity index is 369. The first-order valence-electron chi connectivity index (χ1n) is 6.78. The fourth-order valence-corrected chi connectivity index (χ4v) is 1.73. The van der Waals surface area contributed by atoms with Crippen LogP contribution in [0.5, 0.6) is 0 Å². The fraction of sp³-hybridized carbons (Fsp3) is 0.533. The molecule has 0 spiro atoms. The van der Waals surface area contributed by atoms with Gasteiger partial charge >= 0.3 is 5.97 Å². The summed E-state index contributed by atoms with van der Waals surface area (Å²) in [6.45, 7) is 4.57. The molecule has 0 aliphatic heterocycles. The van der Waals surface area contributed by atoms with Gasteiger partial charge in [0, 0.05) is 26.6 Å². The molecule has 0 heterocycles. The van der Waals surface area contributed by atoms with Gasteiger partial charge in [-0.15, -0.1) is 0 Å². The Labute approximate surface area is 120 Å². The predicted octanol–water partition coefficient (Wildman–Crippen LogP) is 2.02. The average molecular weight is 281 g/mol. The van der Waals surface area contributed by atoms with Crippen molar-refractivity contribution in [1.29, 1.82) is 0 Å². The van der Waals surface area contributed by atoms with Gasteiger partial charge in [-0.1, -0.05) is 30.3 Å². The normalized spacial score (nSPS) is 10.8. The van der Waals surface area contributed by atoms with Gasteiger partial charge in [-0.3, -0.25) is 4.89 Å². The fourth-order valence-electron chi connectivity index (χ4n) is 1.73. The molecule has 1 rings (SSSR count). The van der Waals surface area contributed by atoms with Crippen LogP contribution >= 0.6 is 0 Å². The second-order valence-electron chi connectivity index (χ2n) is 4.59. The summed E-state index contributed by atoms with van der Waals surface area (Å²) in [4.78, 5) is 21.6. The summed E-state index contributed by atoms with van der Waals surface area (Å²) in [5, 5.41) is 0. The van der Waals surface area contributed by atoms with E-state index >= 15 is 0 Å². The highest BCUT2D eigenvalue weighted by molar-refractivity contribution is 5.65. The molecule has 112 valence electrons. The summed E-state index contributed by atoms with van der Waals surface area (Å²) in [6, 6.07) is 10.4. The molecule has 20 heavy (non-hydrogen) atoms. The first-order valence-corrected chi connectivity index (χ1v) is 6.78. The van der Waals surface area contributed by atoms with Gasteiger partial charge in [0.1, 0.15) is 6.61 Å². The lowest BCUT2D eigenvalue weighted by Gasteiger charge is -2.16. The van der Waals surface area contributed by atoms with E-state index < -0.39 is 5.97 Å². The van der Waals surface area contributed by atoms with Crippen LogP contribution in [0, 0.1) is 0 Å². The minimum Gasteiger partial charge on any atom is -0.379 e. The maximum atomic E-state index is 10.4. The predicted molar refractivity (Wildman–Crippen MR) is 75.9 cm³/mol. The summed E-state index contributed by atoms with van der Waals surface area (Å²) >= 11 is 0. The third kappa shape index (κ3) is 8.63. The third-order valence-corrected chi connectivity index (χ3v) is 2.61. The summed E-state index contributed by atoms with van der Waals surface area (Å²) in [7, 11) is 2.09. The third-order valence-electron chi connectivity index (χ3n) is 2.61. The molecule has 0 aliphatic carbocycles. The van der Waals surface area contributed by atoms with Gasteiger partial charge in [-0.2, -0.15) is 4.89 Å². The Morgan fingerprint density at radius 2 is 1.90 bits per heavy atom. The summed E-state index contributed by atoms with van der Waals surface area (Å²) in [5.74, 6) is -0.451. The van der Waals surface area contributed by atoms with Crippen molar-refractivity contribution in [3.8, 4) is 0 Å². The van der Waals surface area contributed by atoms with Crippen molar-refractivity contribution in [2.45, 2.75) is 19.9 Å². The number of carbonyl (C=O) groups excluding carboxylic acids is 1. The zero-order chi connectivity index (χ0) is 14.6. The Morgan fingerprint density at radius 1 is 1.15 bits per heavy atom. The number of carbonyl (C=O) groups is 1. The van der Waals surface area contributed by atoms with Crippen LogP contribution in [0.15, 0.2) is 30.3 Å². The molecule has 0 radical (unpaired) electrons. The minimum absolute atomic E-state index is 0.263. The van der Waals surface area contributed by atoms with Gasteiger partial charge < -0.3 is 9.64 Å². The quantitative estimate of drug-likeness (QED) is 0.373. The SMILES string of the molecule is CC(=O)OOCCOCCCN(C)Cc1ccccc1. The van der Waals surface area contributed by atoms with E-state index in [0.717, 1.165) is 19.5 Å². The summed E-state index contributed by atoms with van der Waals surface area (Å²) in [6.07, 6.45) is 0.955. The Kier molecular flexibility index (Phi) is 8.62. The molecule has 0 aromatic heterocycles. The van der Waals surface area contributed by atoms with Crippen LogP contribution in [0.25, 0.3) is 0 Å². The van der Waals surface area contributed by atoms with E-state index in [0.29, 0.717) is 13.2 Å². The Balaban J connectivity index is 1.94. The largest absolute Gasteiger partial charge is 0.379 e.